The van der Waals surface area contributed by atoms with Crippen LogP contribution in [0, 0.1) is 0 Å². The van der Waals surface area contributed by atoms with Crippen LogP contribution in [0.5, 0.6) is 5.75 Å². The third kappa shape index (κ3) is 7.37. The van der Waals surface area contributed by atoms with Gasteiger partial charge in [0.25, 0.3) is 0 Å². The van der Waals surface area contributed by atoms with Crippen LogP contribution in [0.15, 0.2) is 209 Å². The molecule has 0 atom stereocenters. The largest absolute Gasteiger partial charge is 0.488 e. The summed E-state index contributed by atoms with van der Waals surface area (Å²) in [6, 6.07) is 68.0. The maximum atomic E-state index is 6.63. The first-order valence-corrected chi connectivity index (χ1v) is 21.0. The maximum Gasteiger partial charge on any atom is 0.161 e. The summed E-state index contributed by atoms with van der Waals surface area (Å²) >= 11 is 0. The Bertz CT molecular complexity index is 3330. The number of amidine groups is 2. The van der Waals surface area contributed by atoms with Gasteiger partial charge in [-0.3, -0.25) is 4.99 Å². The number of rotatable bonds is 8. The zero-order chi connectivity index (χ0) is 42.2. The van der Waals surface area contributed by atoms with Crippen molar-refractivity contribution in [2.75, 3.05) is 0 Å². The fraction of sp³-hybridized carbons (Fsp3) is 0.0893. The number of nitrogens with zero attached hydrogens (tertiary/aromatic N) is 5. The van der Waals surface area contributed by atoms with Crippen LogP contribution in [0.2, 0.25) is 0 Å². The molecule has 2 heterocycles. The molecule has 0 radical (unpaired) electrons. The highest BCUT2D eigenvalue weighted by atomic mass is 16.5. The first-order valence-electron chi connectivity index (χ1n) is 21.0. The third-order valence-corrected chi connectivity index (χ3v) is 11.2. The van der Waals surface area contributed by atoms with Crippen LogP contribution in [0.4, 0.5) is 0 Å². The molecule has 0 aliphatic carbocycles. The van der Waals surface area contributed by atoms with E-state index in [9.17, 15) is 0 Å². The monoisotopic (exact) mass is 803 g/mol. The Labute approximate surface area is 361 Å². The number of ether oxygens (including phenoxy) is 1. The van der Waals surface area contributed by atoms with Crippen molar-refractivity contribution in [1.29, 1.82) is 0 Å². The summed E-state index contributed by atoms with van der Waals surface area (Å²) in [6.45, 7) is 10.5. The molecule has 0 amide bonds. The van der Waals surface area contributed by atoms with Crippen LogP contribution in [0.1, 0.15) is 37.5 Å². The van der Waals surface area contributed by atoms with Crippen molar-refractivity contribution < 1.29 is 4.74 Å². The molecule has 0 unspecified atom stereocenters. The second-order valence-corrected chi connectivity index (χ2v) is 16.5. The van der Waals surface area contributed by atoms with E-state index in [2.05, 4.69) is 181 Å². The average molecular weight is 804 g/mol. The predicted octanol–water partition coefficient (Wildman–Crippen LogP) is 13.8. The smallest absolute Gasteiger partial charge is 0.161 e. The summed E-state index contributed by atoms with van der Waals surface area (Å²) in [7, 11) is 0. The second-order valence-electron chi connectivity index (χ2n) is 16.5. The van der Waals surface area contributed by atoms with Crippen molar-refractivity contribution in [2.24, 2.45) is 15.0 Å². The van der Waals surface area contributed by atoms with E-state index in [0.29, 0.717) is 18.2 Å². The minimum absolute atomic E-state index is 0.443. The van der Waals surface area contributed by atoms with Crippen molar-refractivity contribution in [1.82, 2.24) is 9.13 Å². The third-order valence-electron chi connectivity index (χ3n) is 11.2. The Kier molecular flexibility index (Phi) is 9.89. The molecule has 0 bridgehead atoms. The van der Waals surface area contributed by atoms with Crippen molar-refractivity contribution in [2.45, 2.75) is 32.9 Å². The van der Waals surface area contributed by atoms with E-state index in [1.54, 1.807) is 0 Å². The van der Waals surface area contributed by atoms with E-state index in [-0.39, 0.29) is 0 Å². The molecule has 6 heteroatoms. The zero-order valence-corrected chi connectivity index (χ0v) is 35.0. The molecule has 0 fully saturated rings. The Balaban J connectivity index is 1.16. The topological polar surface area (TPSA) is 56.2 Å². The van der Waals surface area contributed by atoms with Gasteiger partial charge in [-0.05, 0) is 111 Å². The van der Waals surface area contributed by atoms with E-state index in [1.165, 1.54) is 32.6 Å². The number of fused-ring (bicyclic) bond motifs is 6. The molecular formula is C56H45N5O. The van der Waals surface area contributed by atoms with E-state index in [1.807, 2.05) is 54.6 Å². The summed E-state index contributed by atoms with van der Waals surface area (Å²) in [5.41, 5.74) is 11.2. The summed E-state index contributed by atoms with van der Waals surface area (Å²) < 4.78 is 11.4. The highest BCUT2D eigenvalue weighted by molar-refractivity contribution is 6.14. The number of aromatic nitrogens is 2. The number of hydrogen-bond acceptors (Lipinski definition) is 2. The first-order chi connectivity index (χ1) is 30.3. The molecule has 8 aromatic carbocycles. The highest BCUT2D eigenvalue weighted by Gasteiger charge is 2.20. The van der Waals surface area contributed by atoms with Gasteiger partial charge in [0.05, 0.1) is 28.6 Å². The summed E-state index contributed by atoms with van der Waals surface area (Å²) in [5, 5.41) is 4.79. The Hall–Kier alpha value is -7.83. The van der Waals surface area contributed by atoms with Crippen molar-refractivity contribution in [3.8, 4) is 28.3 Å². The van der Waals surface area contributed by atoms with Crippen molar-refractivity contribution in [3.63, 3.8) is 0 Å². The lowest BCUT2D eigenvalue weighted by molar-refractivity contribution is 0.131. The fourth-order valence-corrected chi connectivity index (χ4v) is 8.51. The zero-order valence-electron chi connectivity index (χ0n) is 35.0. The number of aliphatic imine (C=N–C) groups is 3. The number of hydrogen-bond donors (Lipinski definition) is 0. The van der Waals surface area contributed by atoms with E-state index >= 15 is 0 Å². The van der Waals surface area contributed by atoms with Crippen LogP contribution in [-0.4, -0.2) is 33.1 Å². The molecule has 0 aliphatic heterocycles. The lowest BCUT2D eigenvalue weighted by atomic mass is 10.00. The average Bonchev–Trinajstić information content (AvgIpc) is 3.81. The molecule has 6 nitrogen and oxygen atoms in total. The first kappa shape index (κ1) is 38.4. The fourth-order valence-electron chi connectivity index (χ4n) is 8.51. The molecular weight excluding hydrogens is 759 g/mol. The molecule has 0 saturated carbocycles. The van der Waals surface area contributed by atoms with Gasteiger partial charge in [0.15, 0.2) is 11.7 Å². The number of para-hydroxylation sites is 3. The predicted molar refractivity (Wildman–Crippen MR) is 260 cm³/mol. The van der Waals surface area contributed by atoms with Gasteiger partial charge >= 0.3 is 0 Å². The Morgan fingerprint density at radius 1 is 0.484 bits per heavy atom. The van der Waals surface area contributed by atoms with Crippen LogP contribution >= 0.6 is 0 Å². The standard InChI is InChI=1S/C56H45N5O/c1-56(2,3)62-45-33-41(32-42(34-45)55(58-37-38-18-8-5-9-19-38)59-54(57-4)39-20-10-6-11-21-39)40-28-30-48-46-24-14-16-26-50(46)61(53(48)35-40)44-29-31-52-49(36-44)47-25-15-17-27-51(47)60(52)43-22-12-7-13-23-43/h5-36H,4,37H2,1-3H3/b58-55-,59-54-. The molecule has 0 aliphatic rings. The van der Waals surface area contributed by atoms with Gasteiger partial charge in [0, 0.05) is 44.0 Å². The second kappa shape index (κ2) is 16.0. The lowest BCUT2D eigenvalue weighted by Crippen LogP contribution is -2.23. The van der Waals surface area contributed by atoms with Gasteiger partial charge in [0.2, 0.25) is 0 Å². The highest BCUT2D eigenvalue weighted by Crippen LogP contribution is 2.39. The van der Waals surface area contributed by atoms with Crippen LogP contribution < -0.4 is 4.74 Å². The van der Waals surface area contributed by atoms with Crippen molar-refractivity contribution in [3.05, 3.63) is 211 Å². The summed E-state index contributed by atoms with van der Waals surface area (Å²) in [6.07, 6.45) is 0. The van der Waals surface area contributed by atoms with Gasteiger partial charge in [-0.15, -0.1) is 0 Å². The quantitative estimate of drug-likeness (QED) is 0.111. The molecule has 300 valence electrons. The minimum atomic E-state index is -0.447. The molecule has 10 rings (SSSR count). The molecule has 0 spiro atoms. The number of benzene rings is 8. The molecule has 62 heavy (non-hydrogen) atoms. The van der Waals surface area contributed by atoms with Crippen LogP contribution in [0.3, 0.4) is 0 Å². The van der Waals surface area contributed by atoms with Crippen molar-refractivity contribution >= 4 is 62.0 Å². The van der Waals surface area contributed by atoms with Gasteiger partial charge < -0.3 is 13.9 Å². The summed E-state index contributed by atoms with van der Waals surface area (Å²) in [4.78, 5) is 14.6. The lowest BCUT2D eigenvalue weighted by Gasteiger charge is -2.22. The Morgan fingerprint density at radius 3 is 1.77 bits per heavy atom. The van der Waals surface area contributed by atoms with E-state index in [4.69, 9.17) is 14.7 Å². The van der Waals surface area contributed by atoms with Gasteiger partial charge in [0.1, 0.15) is 11.4 Å². The normalized spacial score (nSPS) is 12.4. The van der Waals surface area contributed by atoms with Gasteiger partial charge in [-0.1, -0.05) is 127 Å². The van der Waals surface area contributed by atoms with Crippen LogP contribution in [-0.2, 0) is 6.54 Å². The molecule has 2 aromatic heterocycles. The maximum absolute atomic E-state index is 6.63. The summed E-state index contributed by atoms with van der Waals surface area (Å²) in [5.74, 6) is 1.76. The Morgan fingerprint density at radius 2 is 1.08 bits per heavy atom. The van der Waals surface area contributed by atoms with E-state index in [0.717, 1.165) is 56.0 Å². The minimum Gasteiger partial charge on any atom is -0.488 e. The van der Waals surface area contributed by atoms with E-state index < -0.39 is 5.60 Å². The molecule has 0 N–H and O–H groups in total. The van der Waals surface area contributed by atoms with Crippen LogP contribution in [0.25, 0.3) is 66.1 Å². The SMILES string of the molecule is C=N/C(=N\C(=N/Cc1ccccc1)c1cc(OC(C)(C)C)cc(-c2ccc3c4ccccc4n(-c4ccc5c(c4)c4ccccc4n5-c4ccccc4)c3c2)c1)c1ccccc1. The molecule has 0 saturated heterocycles. The molecule has 10 aromatic rings. The van der Waals surface area contributed by atoms with Gasteiger partial charge in [-0.2, -0.15) is 0 Å². The van der Waals surface area contributed by atoms with Gasteiger partial charge in [-0.25, -0.2) is 9.98 Å².